The van der Waals surface area contributed by atoms with E-state index in [2.05, 4.69) is 45.7 Å². The standard InChI is InChI=1S/C26H24N4O/c31-26(27-23-17-9-13-20-12-7-8-16-22(20)23)25-28-24(18-19-10-3-1-4-11-19)30(29-25)21-14-5-2-6-15-21/h1-8,10-12,14-16,23H,9,13,17-18H2,(H,27,31)/t23-/m0/s1. The number of nitrogens with zero attached hydrogens (tertiary/aromatic N) is 3. The Morgan fingerprint density at radius 3 is 2.45 bits per heavy atom. The average molecular weight is 409 g/mol. The van der Waals surface area contributed by atoms with Gasteiger partial charge in [-0.05, 0) is 48.1 Å². The molecule has 5 rings (SSSR count). The number of hydrogen-bond acceptors (Lipinski definition) is 3. The summed E-state index contributed by atoms with van der Waals surface area (Å²) in [6, 6.07) is 28.3. The lowest BCUT2D eigenvalue weighted by atomic mass is 9.88. The molecule has 0 saturated heterocycles. The fourth-order valence-corrected chi connectivity index (χ4v) is 4.24. The van der Waals surface area contributed by atoms with Crippen molar-refractivity contribution in [2.75, 3.05) is 0 Å². The second-order valence-electron chi connectivity index (χ2n) is 7.88. The highest BCUT2D eigenvalue weighted by Gasteiger charge is 2.24. The van der Waals surface area contributed by atoms with E-state index in [0.29, 0.717) is 6.42 Å². The van der Waals surface area contributed by atoms with Crippen LogP contribution < -0.4 is 5.32 Å². The van der Waals surface area contributed by atoms with Gasteiger partial charge in [0.15, 0.2) is 0 Å². The van der Waals surface area contributed by atoms with Gasteiger partial charge in [-0.1, -0.05) is 72.8 Å². The summed E-state index contributed by atoms with van der Waals surface area (Å²) in [6.45, 7) is 0. The van der Waals surface area contributed by atoms with E-state index >= 15 is 0 Å². The van der Waals surface area contributed by atoms with Gasteiger partial charge in [0.1, 0.15) is 5.82 Å². The Morgan fingerprint density at radius 1 is 0.935 bits per heavy atom. The number of rotatable bonds is 5. The van der Waals surface area contributed by atoms with Gasteiger partial charge in [0, 0.05) is 6.42 Å². The zero-order valence-electron chi connectivity index (χ0n) is 17.2. The molecule has 0 fully saturated rings. The first kappa shape index (κ1) is 19.2. The van der Waals surface area contributed by atoms with E-state index in [1.54, 1.807) is 4.68 Å². The molecule has 1 aromatic heterocycles. The topological polar surface area (TPSA) is 59.8 Å². The largest absolute Gasteiger partial charge is 0.342 e. The Balaban J connectivity index is 1.45. The third-order valence-electron chi connectivity index (χ3n) is 5.76. The Hall–Kier alpha value is -3.73. The molecule has 0 spiro atoms. The van der Waals surface area contributed by atoms with Crippen molar-refractivity contribution >= 4 is 5.91 Å². The van der Waals surface area contributed by atoms with Crippen molar-refractivity contribution in [3.8, 4) is 5.69 Å². The summed E-state index contributed by atoms with van der Waals surface area (Å²) in [5.41, 5.74) is 4.53. The van der Waals surface area contributed by atoms with E-state index in [0.717, 1.165) is 36.3 Å². The lowest BCUT2D eigenvalue weighted by Crippen LogP contribution is -2.31. The summed E-state index contributed by atoms with van der Waals surface area (Å²) in [7, 11) is 0. The van der Waals surface area contributed by atoms with Crippen LogP contribution in [0.4, 0.5) is 0 Å². The lowest BCUT2D eigenvalue weighted by molar-refractivity contribution is 0.0922. The van der Waals surface area contributed by atoms with Crippen LogP contribution in [0.15, 0.2) is 84.9 Å². The van der Waals surface area contributed by atoms with Crippen LogP contribution in [0, 0.1) is 0 Å². The summed E-state index contributed by atoms with van der Waals surface area (Å²) < 4.78 is 1.77. The van der Waals surface area contributed by atoms with Crippen LogP contribution in [-0.4, -0.2) is 20.7 Å². The molecule has 1 aliphatic rings. The minimum atomic E-state index is -0.231. The van der Waals surface area contributed by atoms with Crippen molar-refractivity contribution in [3.05, 3.63) is 113 Å². The number of hydrogen-bond donors (Lipinski definition) is 1. The molecule has 4 aromatic rings. The molecule has 1 atom stereocenters. The summed E-state index contributed by atoms with van der Waals surface area (Å²) in [5, 5.41) is 7.76. The molecule has 0 saturated carbocycles. The molecule has 0 radical (unpaired) electrons. The predicted molar refractivity (Wildman–Crippen MR) is 120 cm³/mol. The molecule has 1 heterocycles. The summed E-state index contributed by atoms with van der Waals surface area (Å²) in [6.07, 6.45) is 3.65. The van der Waals surface area contributed by atoms with Crippen molar-refractivity contribution in [2.45, 2.75) is 31.7 Å². The zero-order valence-corrected chi connectivity index (χ0v) is 17.2. The van der Waals surface area contributed by atoms with Gasteiger partial charge in [-0.3, -0.25) is 4.79 Å². The van der Waals surface area contributed by atoms with Crippen molar-refractivity contribution in [3.63, 3.8) is 0 Å². The first-order valence-corrected chi connectivity index (χ1v) is 10.7. The van der Waals surface area contributed by atoms with Gasteiger partial charge in [0.05, 0.1) is 11.7 Å². The third kappa shape index (κ3) is 4.12. The molecule has 0 bridgehead atoms. The second kappa shape index (κ2) is 8.56. The van der Waals surface area contributed by atoms with Crippen LogP contribution in [0.25, 0.3) is 5.69 Å². The number of aryl methyl sites for hydroxylation is 1. The molecule has 3 aromatic carbocycles. The van der Waals surface area contributed by atoms with Crippen LogP contribution in [-0.2, 0) is 12.8 Å². The molecule has 31 heavy (non-hydrogen) atoms. The van der Waals surface area contributed by atoms with E-state index in [4.69, 9.17) is 0 Å². The zero-order chi connectivity index (χ0) is 21.0. The van der Waals surface area contributed by atoms with Crippen LogP contribution in [0.2, 0.25) is 0 Å². The first-order chi connectivity index (χ1) is 15.3. The molecular weight excluding hydrogens is 384 g/mol. The van der Waals surface area contributed by atoms with Gasteiger partial charge in [-0.25, -0.2) is 9.67 Å². The van der Waals surface area contributed by atoms with E-state index in [-0.39, 0.29) is 17.8 Å². The smallest absolute Gasteiger partial charge is 0.291 e. The Labute approximate surface area is 181 Å². The number of aromatic nitrogens is 3. The minimum absolute atomic E-state index is 0.00120. The maximum Gasteiger partial charge on any atom is 0.291 e. The van der Waals surface area contributed by atoms with Crippen molar-refractivity contribution in [1.82, 2.24) is 20.1 Å². The van der Waals surface area contributed by atoms with Crippen LogP contribution in [0.1, 0.15) is 52.0 Å². The number of para-hydroxylation sites is 1. The highest BCUT2D eigenvalue weighted by atomic mass is 16.2. The molecule has 1 N–H and O–H groups in total. The van der Waals surface area contributed by atoms with Crippen molar-refractivity contribution in [2.24, 2.45) is 0 Å². The number of carbonyl (C=O) groups is 1. The SMILES string of the molecule is O=C(N[C@H]1CCCc2ccccc21)c1nc(Cc2ccccc2)n(-c2ccccc2)n1. The van der Waals surface area contributed by atoms with Crippen LogP contribution >= 0.6 is 0 Å². The molecule has 0 unspecified atom stereocenters. The van der Waals surface area contributed by atoms with Crippen molar-refractivity contribution in [1.29, 1.82) is 0 Å². The van der Waals surface area contributed by atoms with Crippen molar-refractivity contribution < 1.29 is 4.79 Å². The van der Waals surface area contributed by atoms with E-state index < -0.39 is 0 Å². The van der Waals surface area contributed by atoms with E-state index in [9.17, 15) is 4.79 Å². The number of nitrogens with one attached hydrogen (secondary N) is 1. The maximum atomic E-state index is 13.1. The molecular formula is C26H24N4O. The van der Waals surface area contributed by atoms with Gasteiger partial charge in [0.25, 0.3) is 5.91 Å². The Morgan fingerprint density at radius 2 is 1.65 bits per heavy atom. The molecule has 154 valence electrons. The fourth-order valence-electron chi connectivity index (χ4n) is 4.24. The van der Waals surface area contributed by atoms with Crippen LogP contribution in [0.5, 0.6) is 0 Å². The highest BCUT2D eigenvalue weighted by Crippen LogP contribution is 2.29. The van der Waals surface area contributed by atoms with Crippen LogP contribution in [0.3, 0.4) is 0 Å². The normalized spacial score (nSPS) is 15.3. The van der Waals surface area contributed by atoms with Gasteiger partial charge in [-0.15, -0.1) is 5.10 Å². The molecule has 1 amide bonds. The van der Waals surface area contributed by atoms with Gasteiger partial charge < -0.3 is 5.32 Å². The average Bonchev–Trinajstić information content (AvgIpc) is 3.24. The molecule has 0 aliphatic heterocycles. The number of carbonyl (C=O) groups excluding carboxylic acids is 1. The maximum absolute atomic E-state index is 13.1. The highest BCUT2D eigenvalue weighted by molar-refractivity contribution is 5.90. The van der Waals surface area contributed by atoms with E-state index in [1.165, 1.54) is 11.1 Å². The molecule has 5 nitrogen and oxygen atoms in total. The third-order valence-corrected chi connectivity index (χ3v) is 5.76. The minimum Gasteiger partial charge on any atom is -0.342 e. The Kier molecular flexibility index (Phi) is 5.31. The quantitative estimate of drug-likeness (QED) is 0.522. The molecule has 1 aliphatic carbocycles. The van der Waals surface area contributed by atoms with Gasteiger partial charge in [0.2, 0.25) is 5.82 Å². The Bertz CT molecular complexity index is 1180. The number of amides is 1. The predicted octanol–water partition coefficient (Wildman–Crippen LogP) is 4.67. The summed E-state index contributed by atoms with van der Waals surface area (Å²) >= 11 is 0. The second-order valence-corrected chi connectivity index (χ2v) is 7.88. The van der Waals surface area contributed by atoms with E-state index in [1.807, 2.05) is 54.6 Å². The number of fused-ring (bicyclic) bond motifs is 1. The van der Waals surface area contributed by atoms with Gasteiger partial charge in [-0.2, -0.15) is 0 Å². The monoisotopic (exact) mass is 408 g/mol. The first-order valence-electron chi connectivity index (χ1n) is 10.7. The number of benzene rings is 3. The molecule has 5 heteroatoms. The summed E-state index contributed by atoms with van der Waals surface area (Å²) in [4.78, 5) is 17.8. The fraction of sp³-hybridized carbons (Fsp3) is 0.192. The summed E-state index contributed by atoms with van der Waals surface area (Å²) in [5.74, 6) is 0.718. The van der Waals surface area contributed by atoms with Gasteiger partial charge >= 0.3 is 0 Å². The lowest BCUT2D eigenvalue weighted by Gasteiger charge is -2.25.